The molecule has 1 heterocycles. The molecule has 1 amide bonds. The van der Waals surface area contributed by atoms with Crippen LogP contribution >= 0.6 is 15.9 Å². The van der Waals surface area contributed by atoms with E-state index in [-0.39, 0.29) is 5.91 Å². The third kappa shape index (κ3) is 5.36. The van der Waals surface area contributed by atoms with Crippen LogP contribution in [0.1, 0.15) is 42.1 Å². The van der Waals surface area contributed by atoms with E-state index in [2.05, 4.69) is 38.5 Å². The van der Waals surface area contributed by atoms with Crippen LogP contribution in [0.5, 0.6) is 0 Å². The number of pyridine rings is 1. The zero-order chi connectivity index (χ0) is 16.7. The molecule has 2 aromatic rings. The lowest BCUT2D eigenvalue weighted by Crippen LogP contribution is -2.13. The van der Waals surface area contributed by atoms with Crippen LogP contribution < -0.4 is 10.6 Å². The summed E-state index contributed by atoms with van der Waals surface area (Å²) < 4.78 is 0.972. The van der Waals surface area contributed by atoms with Crippen LogP contribution in [-0.2, 0) is 0 Å². The monoisotopic (exact) mass is 375 g/mol. The van der Waals surface area contributed by atoms with Crippen molar-refractivity contribution in [2.75, 3.05) is 17.2 Å². The summed E-state index contributed by atoms with van der Waals surface area (Å²) in [6.45, 7) is 5.08. The number of rotatable bonds is 7. The van der Waals surface area contributed by atoms with E-state index in [0.717, 1.165) is 34.4 Å². The van der Waals surface area contributed by atoms with E-state index < -0.39 is 0 Å². The lowest BCUT2D eigenvalue weighted by atomic mass is 10.2. The molecule has 2 N–H and O–H groups in total. The van der Waals surface area contributed by atoms with Gasteiger partial charge in [-0.1, -0.05) is 41.8 Å². The highest BCUT2D eigenvalue weighted by Gasteiger charge is 2.08. The van der Waals surface area contributed by atoms with E-state index in [9.17, 15) is 4.79 Å². The lowest BCUT2D eigenvalue weighted by Gasteiger charge is -2.09. The molecule has 0 radical (unpaired) electrons. The lowest BCUT2D eigenvalue weighted by molar-refractivity contribution is 0.102. The van der Waals surface area contributed by atoms with Crippen molar-refractivity contribution >= 4 is 33.2 Å². The Hall–Kier alpha value is -1.88. The summed E-state index contributed by atoms with van der Waals surface area (Å²) in [6, 6.07) is 7.58. The molecule has 23 heavy (non-hydrogen) atoms. The number of aryl methyl sites for hydroxylation is 1. The van der Waals surface area contributed by atoms with Gasteiger partial charge in [-0.3, -0.25) is 9.78 Å². The van der Waals surface area contributed by atoms with Crippen molar-refractivity contribution in [3.8, 4) is 0 Å². The fourth-order valence-electron chi connectivity index (χ4n) is 2.14. The second kappa shape index (κ2) is 8.67. The SMILES string of the molecule is CCCCCNc1cncc(C(=O)Nc2ccc(C)c(Br)c2)c1. The first-order valence-corrected chi connectivity index (χ1v) is 8.66. The summed E-state index contributed by atoms with van der Waals surface area (Å²) in [5.41, 5.74) is 3.30. The number of nitrogens with zero attached hydrogens (tertiary/aromatic N) is 1. The predicted molar refractivity (Wildman–Crippen MR) is 99.1 cm³/mol. The summed E-state index contributed by atoms with van der Waals surface area (Å²) in [7, 11) is 0. The van der Waals surface area contributed by atoms with Gasteiger partial charge in [0.1, 0.15) is 0 Å². The van der Waals surface area contributed by atoms with Crippen LogP contribution in [0, 0.1) is 6.92 Å². The van der Waals surface area contributed by atoms with Gasteiger partial charge in [-0.05, 0) is 37.1 Å². The van der Waals surface area contributed by atoms with E-state index in [0.29, 0.717) is 5.56 Å². The van der Waals surface area contributed by atoms with Crippen molar-refractivity contribution in [3.05, 3.63) is 52.3 Å². The second-order valence-electron chi connectivity index (χ2n) is 5.51. The Morgan fingerprint density at radius 1 is 1.17 bits per heavy atom. The van der Waals surface area contributed by atoms with Gasteiger partial charge in [0.2, 0.25) is 0 Å². The molecule has 122 valence electrons. The van der Waals surface area contributed by atoms with Crippen LogP contribution in [0.4, 0.5) is 11.4 Å². The molecular formula is C18H22BrN3O. The van der Waals surface area contributed by atoms with Crippen LogP contribution in [0.15, 0.2) is 41.1 Å². The third-order valence-electron chi connectivity index (χ3n) is 3.54. The van der Waals surface area contributed by atoms with E-state index in [1.54, 1.807) is 12.4 Å². The molecule has 0 aliphatic heterocycles. The quantitative estimate of drug-likeness (QED) is 0.668. The number of benzene rings is 1. The van der Waals surface area contributed by atoms with Crippen molar-refractivity contribution in [2.45, 2.75) is 33.1 Å². The summed E-state index contributed by atoms with van der Waals surface area (Å²) in [6.07, 6.45) is 6.82. The molecule has 0 unspecified atom stereocenters. The van der Waals surface area contributed by atoms with Crippen LogP contribution in [0.25, 0.3) is 0 Å². The Kier molecular flexibility index (Phi) is 6.59. The highest BCUT2D eigenvalue weighted by molar-refractivity contribution is 9.10. The molecular weight excluding hydrogens is 354 g/mol. The summed E-state index contributed by atoms with van der Waals surface area (Å²) in [5, 5.41) is 6.20. The maximum absolute atomic E-state index is 12.3. The Bertz CT molecular complexity index is 673. The van der Waals surface area contributed by atoms with E-state index in [1.165, 1.54) is 12.8 Å². The van der Waals surface area contributed by atoms with Gasteiger partial charge < -0.3 is 10.6 Å². The molecule has 0 aliphatic carbocycles. The molecule has 0 spiro atoms. The molecule has 0 fully saturated rings. The van der Waals surface area contributed by atoms with Crippen molar-refractivity contribution in [1.82, 2.24) is 4.98 Å². The number of nitrogens with one attached hydrogen (secondary N) is 2. The Morgan fingerprint density at radius 2 is 2.00 bits per heavy atom. The first-order chi connectivity index (χ1) is 11.1. The standard InChI is InChI=1S/C18H22BrN3O/c1-3-4-5-8-21-16-9-14(11-20-12-16)18(23)22-15-7-6-13(2)17(19)10-15/h6-7,9-12,21H,3-5,8H2,1-2H3,(H,22,23). The number of amides is 1. The van der Waals surface area contributed by atoms with Gasteiger partial charge in [0.05, 0.1) is 11.3 Å². The fourth-order valence-corrected chi connectivity index (χ4v) is 2.52. The van der Waals surface area contributed by atoms with E-state index >= 15 is 0 Å². The van der Waals surface area contributed by atoms with Crippen molar-refractivity contribution in [1.29, 1.82) is 0 Å². The topological polar surface area (TPSA) is 54.0 Å². The van der Waals surface area contributed by atoms with Gasteiger partial charge in [-0.2, -0.15) is 0 Å². The summed E-state index contributed by atoms with van der Waals surface area (Å²) >= 11 is 3.47. The van der Waals surface area contributed by atoms with Gasteiger partial charge in [-0.15, -0.1) is 0 Å². The van der Waals surface area contributed by atoms with Crippen molar-refractivity contribution in [2.24, 2.45) is 0 Å². The Balaban J connectivity index is 2.00. The van der Waals surface area contributed by atoms with Gasteiger partial charge in [0.25, 0.3) is 5.91 Å². The largest absolute Gasteiger partial charge is 0.384 e. The highest BCUT2D eigenvalue weighted by Crippen LogP contribution is 2.21. The number of halogens is 1. The number of hydrogen-bond acceptors (Lipinski definition) is 3. The molecule has 0 aliphatic rings. The minimum atomic E-state index is -0.162. The number of aromatic nitrogens is 1. The zero-order valence-electron chi connectivity index (χ0n) is 13.5. The van der Waals surface area contributed by atoms with E-state index in [1.807, 2.05) is 31.2 Å². The molecule has 5 heteroatoms. The second-order valence-corrected chi connectivity index (χ2v) is 6.37. The molecule has 1 aromatic carbocycles. The maximum Gasteiger partial charge on any atom is 0.257 e. The highest BCUT2D eigenvalue weighted by atomic mass is 79.9. The summed E-state index contributed by atoms with van der Waals surface area (Å²) in [5.74, 6) is -0.162. The number of hydrogen-bond donors (Lipinski definition) is 2. The minimum Gasteiger partial charge on any atom is -0.384 e. The minimum absolute atomic E-state index is 0.162. The molecule has 2 rings (SSSR count). The van der Waals surface area contributed by atoms with Crippen molar-refractivity contribution < 1.29 is 4.79 Å². The number of carbonyl (C=O) groups is 1. The Labute approximate surface area is 145 Å². The smallest absolute Gasteiger partial charge is 0.257 e. The first-order valence-electron chi connectivity index (χ1n) is 7.86. The van der Waals surface area contributed by atoms with Gasteiger partial charge in [-0.25, -0.2) is 0 Å². The number of anilines is 2. The average molecular weight is 376 g/mol. The van der Waals surface area contributed by atoms with Gasteiger partial charge in [0, 0.05) is 29.1 Å². The van der Waals surface area contributed by atoms with Crippen LogP contribution in [0.3, 0.4) is 0 Å². The third-order valence-corrected chi connectivity index (χ3v) is 4.39. The van der Waals surface area contributed by atoms with Gasteiger partial charge in [0.15, 0.2) is 0 Å². The molecule has 0 atom stereocenters. The Morgan fingerprint density at radius 3 is 2.74 bits per heavy atom. The molecule has 0 bridgehead atoms. The maximum atomic E-state index is 12.3. The number of carbonyl (C=O) groups excluding carboxylic acids is 1. The van der Waals surface area contributed by atoms with Gasteiger partial charge >= 0.3 is 0 Å². The molecule has 4 nitrogen and oxygen atoms in total. The first kappa shape index (κ1) is 17.5. The summed E-state index contributed by atoms with van der Waals surface area (Å²) in [4.78, 5) is 16.5. The zero-order valence-corrected chi connectivity index (χ0v) is 15.1. The fraction of sp³-hybridized carbons (Fsp3) is 0.333. The molecule has 0 saturated carbocycles. The van der Waals surface area contributed by atoms with Crippen LogP contribution in [-0.4, -0.2) is 17.4 Å². The number of unbranched alkanes of at least 4 members (excludes halogenated alkanes) is 2. The normalized spacial score (nSPS) is 10.4. The van der Waals surface area contributed by atoms with E-state index in [4.69, 9.17) is 0 Å². The van der Waals surface area contributed by atoms with Crippen molar-refractivity contribution in [3.63, 3.8) is 0 Å². The predicted octanol–water partition coefficient (Wildman–Crippen LogP) is 5.01. The average Bonchev–Trinajstić information content (AvgIpc) is 2.55. The molecule has 1 aromatic heterocycles. The van der Waals surface area contributed by atoms with Crippen LogP contribution in [0.2, 0.25) is 0 Å². The molecule has 0 saturated heterocycles.